The summed E-state index contributed by atoms with van der Waals surface area (Å²) in [5.74, 6) is 0.295. The van der Waals surface area contributed by atoms with Crippen LogP contribution in [0.1, 0.15) is 39.2 Å². The Hall–Kier alpha value is -1.35. The highest BCUT2D eigenvalue weighted by Crippen LogP contribution is 2.50. The zero-order valence-electron chi connectivity index (χ0n) is 12.6. The van der Waals surface area contributed by atoms with E-state index in [0.717, 1.165) is 19.3 Å². The van der Waals surface area contributed by atoms with Crippen LogP contribution in [0.2, 0.25) is 0 Å². The summed E-state index contributed by atoms with van der Waals surface area (Å²) in [6.07, 6.45) is 3.15. The molecule has 20 heavy (non-hydrogen) atoms. The van der Waals surface area contributed by atoms with Gasteiger partial charge < -0.3 is 4.90 Å². The maximum Gasteiger partial charge on any atom is 0.241 e. The van der Waals surface area contributed by atoms with Gasteiger partial charge in [0.25, 0.3) is 0 Å². The lowest BCUT2D eigenvalue weighted by Crippen LogP contribution is -2.38. The van der Waals surface area contributed by atoms with Crippen LogP contribution in [-0.4, -0.2) is 29.1 Å². The van der Waals surface area contributed by atoms with Crippen molar-refractivity contribution in [1.29, 1.82) is 0 Å². The zero-order chi connectivity index (χ0) is 14.3. The number of amides is 1. The highest BCUT2D eigenvalue weighted by Gasteiger charge is 2.55. The quantitative estimate of drug-likeness (QED) is 0.913. The molecule has 1 aromatic rings. The Morgan fingerprint density at radius 3 is 2.55 bits per heavy atom. The highest BCUT2D eigenvalue weighted by molar-refractivity contribution is 5.85. The van der Waals surface area contributed by atoms with E-state index in [9.17, 15) is 4.79 Å². The molecule has 1 aliphatic heterocycles. The summed E-state index contributed by atoms with van der Waals surface area (Å²) in [6, 6.07) is 10.8. The molecule has 0 spiro atoms. The Bertz CT molecular complexity index is 497. The minimum atomic E-state index is -0.0124. The van der Waals surface area contributed by atoms with E-state index in [1.54, 1.807) is 0 Å². The highest BCUT2D eigenvalue weighted by atomic mass is 16.2. The second-order valence-corrected chi connectivity index (χ2v) is 6.87. The molecule has 3 atom stereocenters. The summed E-state index contributed by atoms with van der Waals surface area (Å²) < 4.78 is 0. The average molecular weight is 272 g/mol. The van der Waals surface area contributed by atoms with Crippen LogP contribution in [0.5, 0.6) is 0 Å². The lowest BCUT2D eigenvalue weighted by Gasteiger charge is -2.22. The van der Waals surface area contributed by atoms with Gasteiger partial charge in [-0.1, -0.05) is 44.2 Å². The molecule has 1 saturated carbocycles. The third-order valence-corrected chi connectivity index (χ3v) is 4.77. The maximum atomic E-state index is 12.6. The lowest BCUT2D eigenvalue weighted by atomic mass is 10.1. The Kier molecular flexibility index (Phi) is 3.33. The molecule has 1 amide bonds. The van der Waals surface area contributed by atoms with Gasteiger partial charge in [0.1, 0.15) is 0 Å². The number of nitrogens with zero attached hydrogens (tertiary/aromatic N) is 1. The van der Waals surface area contributed by atoms with Crippen molar-refractivity contribution in [1.82, 2.24) is 10.2 Å². The van der Waals surface area contributed by atoms with Gasteiger partial charge in [0.2, 0.25) is 5.91 Å². The predicted molar refractivity (Wildman–Crippen MR) is 80.2 cm³/mol. The summed E-state index contributed by atoms with van der Waals surface area (Å²) in [4.78, 5) is 14.6. The number of carbonyl (C=O) groups is 1. The number of hydrogen-bond donors (Lipinski definition) is 1. The molecule has 1 aromatic carbocycles. The van der Waals surface area contributed by atoms with Crippen molar-refractivity contribution in [3.63, 3.8) is 0 Å². The SMILES string of the molecule is CC1NC(CCc2ccccc2)C(=O)N1C1CC1(C)C. The predicted octanol–water partition coefficient (Wildman–Crippen LogP) is 2.56. The molecule has 3 heteroatoms. The van der Waals surface area contributed by atoms with Gasteiger partial charge in [0.05, 0.1) is 12.2 Å². The fourth-order valence-electron chi connectivity index (χ4n) is 3.31. The van der Waals surface area contributed by atoms with Gasteiger partial charge in [0.15, 0.2) is 0 Å². The van der Waals surface area contributed by atoms with E-state index in [1.165, 1.54) is 5.56 Å². The van der Waals surface area contributed by atoms with E-state index >= 15 is 0 Å². The Balaban J connectivity index is 1.61. The smallest absolute Gasteiger partial charge is 0.241 e. The number of rotatable bonds is 4. The second kappa shape index (κ2) is 4.88. The molecule has 2 fully saturated rings. The average Bonchev–Trinajstić information content (AvgIpc) is 2.93. The molecule has 108 valence electrons. The molecule has 1 heterocycles. The van der Waals surface area contributed by atoms with Crippen LogP contribution in [0.25, 0.3) is 0 Å². The first-order chi connectivity index (χ1) is 9.49. The van der Waals surface area contributed by atoms with E-state index in [4.69, 9.17) is 0 Å². The first-order valence-corrected chi connectivity index (χ1v) is 7.61. The molecular formula is C17H24N2O. The van der Waals surface area contributed by atoms with Gasteiger partial charge in [-0.2, -0.15) is 0 Å². The van der Waals surface area contributed by atoms with Crippen LogP contribution in [0.15, 0.2) is 30.3 Å². The maximum absolute atomic E-state index is 12.6. The Morgan fingerprint density at radius 1 is 1.30 bits per heavy atom. The fraction of sp³-hybridized carbons (Fsp3) is 0.588. The van der Waals surface area contributed by atoms with Crippen LogP contribution in [0, 0.1) is 5.41 Å². The van der Waals surface area contributed by atoms with E-state index < -0.39 is 0 Å². The first kappa shape index (κ1) is 13.6. The molecule has 2 aliphatic rings. The van der Waals surface area contributed by atoms with E-state index in [0.29, 0.717) is 17.4 Å². The van der Waals surface area contributed by atoms with Crippen molar-refractivity contribution in [3.05, 3.63) is 35.9 Å². The molecule has 0 aromatic heterocycles. The summed E-state index contributed by atoms with van der Waals surface area (Å²) in [7, 11) is 0. The largest absolute Gasteiger partial charge is 0.323 e. The van der Waals surface area contributed by atoms with Gasteiger partial charge in [-0.25, -0.2) is 0 Å². The van der Waals surface area contributed by atoms with Crippen LogP contribution in [0.4, 0.5) is 0 Å². The number of carbonyl (C=O) groups excluding carboxylic acids is 1. The summed E-state index contributed by atoms with van der Waals surface area (Å²) in [6.45, 7) is 6.60. The normalized spacial score (nSPS) is 31.6. The molecule has 3 nitrogen and oxygen atoms in total. The topological polar surface area (TPSA) is 32.3 Å². The molecular weight excluding hydrogens is 248 g/mol. The van der Waals surface area contributed by atoms with E-state index in [2.05, 4.69) is 55.3 Å². The Morgan fingerprint density at radius 2 is 1.95 bits per heavy atom. The van der Waals surface area contributed by atoms with Crippen molar-refractivity contribution in [3.8, 4) is 0 Å². The van der Waals surface area contributed by atoms with Crippen molar-refractivity contribution >= 4 is 5.91 Å². The molecule has 1 aliphatic carbocycles. The monoisotopic (exact) mass is 272 g/mol. The van der Waals surface area contributed by atoms with E-state index in [1.807, 2.05) is 6.07 Å². The zero-order valence-corrected chi connectivity index (χ0v) is 12.6. The minimum Gasteiger partial charge on any atom is -0.323 e. The fourth-order valence-corrected chi connectivity index (χ4v) is 3.31. The Labute approximate surface area is 121 Å². The number of aryl methyl sites for hydroxylation is 1. The third-order valence-electron chi connectivity index (χ3n) is 4.77. The molecule has 0 bridgehead atoms. The number of hydrogen-bond acceptors (Lipinski definition) is 2. The summed E-state index contributed by atoms with van der Waals surface area (Å²) in [5, 5.41) is 3.46. The van der Waals surface area contributed by atoms with Crippen LogP contribution < -0.4 is 5.32 Å². The molecule has 1 N–H and O–H groups in total. The van der Waals surface area contributed by atoms with Crippen LogP contribution >= 0.6 is 0 Å². The molecule has 0 radical (unpaired) electrons. The van der Waals surface area contributed by atoms with Crippen molar-refractivity contribution in [2.75, 3.05) is 0 Å². The number of benzene rings is 1. The van der Waals surface area contributed by atoms with Crippen molar-refractivity contribution in [2.24, 2.45) is 5.41 Å². The first-order valence-electron chi connectivity index (χ1n) is 7.61. The second-order valence-electron chi connectivity index (χ2n) is 6.87. The van der Waals surface area contributed by atoms with Gasteiger partial charge >= 0.3 is 0 Å². The number of nitrogens with one attached hydrogen (secondary N) is 1. The van der Waals surface area contributed by atoms with Crippen LogP contribution in [-0.2, 0) is 11.2 Å². The summed E-state index contributed by atoms with van der Waals surface area (Å²) in [5.41, 5.74) is 1.61. The summed E-state index contributed by atoms with van der Waals surface area (Å²) >= 11 is 0. The van der Waals surface area contributed by atoms with Gasteiger partial charge in [0, 0.05) is 6.04 Å². The molecule has 3 unspecified atom stereocenters. The minimum absolute atomic E-state index is 0.0124. The standard InChI is InChI=1S/C17H24N2O/c1-12-18-14(10-9-13-7-5-4-6-8-13)16(20)19(12)15-11-17(15,2)3/h4-8,12,14-15,18H,9-11H2,1-3H3. The van der Waals surface area contributed by atoms with Crippen molar-refractivity contribution in [2.45, 2.75) is 58.3 Å². The van der Waals surface area contributed by atoms with Gasteiger partial charge in [-0.3, -0.25) is 10.1 Å². The van der Waals surface area contributed by atoms with Gasteiger partial charge in [-0.15, -0.1) is 0 Å². The molecule has 3 rings (SSSR count). The lowest BCUT2D eigenvalue weighted by molar-refractivity contribution is -0.130. The van der Waals surface area contributed by atoms with E-state index in [-0.39, 0.29) is 12.2 Å². The third kappa shape index (κ3) is 2.47. The van der Waals surface area contributed by atoms with Crippen molar-refractivity contribution < 1.29 is 4.79 Å². The van der Waals surface area contributed by atoms with Gasteiger partial charge in [-0.05, 0) is 37.2 Å². The van der Waals surface area contributed by atoms with Crippen LogP contribution in [0.3, 0.4) is 0 Å². The molecule has 1 saturated heterocycles.